The summed E-state index contributed by atoms with van der Waals surface area (Å²) in [6.07, 6.45) is 0. The lowest BCUT2D eigenvalue weighted by Gasteiger charge is -2.10. The number of hydrogen-bond donors (Lipinski definition) is 1. The summed E-state index contributed by atoms with van der Waals surface area (Å²) in [5.74, 6) is 0.478. The largest absolute Gasteiger partial charge is 0.325 e. The van der Waals surface area contributed by atoms with Crippen molar-refractivity contribution in [2.45, 2.75) is 38.1 Å². The minimum absolute atomic E-state index is 0.0784. The van der Waals surface area contributed by atoms with Crippen LogP contribution in [0.25, 0.3) is 5.78 Å². The fourth-order valence-electron chi connectivity index (χ4n) is 2.38. The van der Waals surface area contributed by atoms with Gasteiger partial charge >= 0.3 is 0 Å². The third kappa shape index (κ3) is 3.56. The topological polar surface area (TPSA) is 72.2 Å². The highest BCUT2D eigenvalue weighted by atomic mass is 32.2. The molecule has 0 aliphatic heterocycles. The molecule has 2 aromatic heterocycles. The highest BCUT2D eigenvalue weighted by molar-refractivity contribution is 8.00. The van der Waals surface area contributed by atoms with E-state index < -0.39 is 0 Å². The number of nitrogens with one attached hydrogen (secondary N) is 1. The zero-order valence-electron chi connectivity index (χ0n) is 14.1. The fourth-order valence-corrected chi connectivity index (χ4v) is 3.12. The fraction of sp³-hybridized carbons (Fsp3) is 0.294. The summed E-state index contributed by atoms with van der Waals surface area (Å²) in [5, 5.41) is 7.57. The number of aryl methyl sites for hydroxylation is 3. The first-order valence-corrected chi connectivity index (χ1v) is 8.55. The Labute approximate surface area is 144 Å². The van der Waals surface area contributed by atoms with Gasteiger partial charge in [-0.05, 0) is 51.5 Å². The van der Waals surface area contributed by atoms with E-state index in [1.165, 1.54) is 11.8 Å². The zero-order valence-corrected chi connectivity index (χ0v) is 14.9. The van der Waals surface area contributed by atoms with Crippen molar-refractivity contribution >= 4 is 29.1 Å². The van der Waals surface area contributed by atoms with E-state index >= 15 is 0 Å². The Bertz CT molecular complexity index is 905. The van der Waals surface area contributed by atoms with Crippen LogP contribution in [0, 0.1) is 20.8 Å². The van der Waals surface area contributed by atoms with Crippen molar-refractivity contribution in [3.05, 3.63) is 47.3 Å². The molecule has 3 rings (SSSR count). The number of thioether (sulfide) groups is 1. The number of aromatic nitrogens is 4. The number of benzene rings is 1. The van der Waals surface area contributed by atoms with Gasteiger partial charge in [0.1, 0.15) is 0 Å². The number of nitrogens with zero attached hydrogens (tertiary/aromatic N) is 4. The Morgan fingerprint density at radius 2 is 2.00 bits per heavy atom. The first-order chi connectivity index (χ1) is 11.4. The second kappa shape index (κ2) is 6.60. The molecule has 0 bridgehead atoms. The lowest BCUT2D eigenvalue weighted by Crippen LogP contribution is -2.22. The van der Waals surface area contributed by atoms with Crippen molar-refractivity contribution in [2.24, 2.45) is 0 Å². The van der Waals surface area contributed by atoms with Crippen molar-refractivity contribution in [3.63, 3.8) is 0 Å². The molecule has 0 radical (unpaired) electrons. The molecule has 7 heteroatoms. The van der Waals surface area contributed by atoms with Gasteiger partial charge in [0.15, 0.2) is 0 Å². The summed E-state index contributed by atoms with van der Waals surface area (Å²) in [6.45, 7) is 7.71. The molecule has 1 atom stereocenters. The van der Waals surface area contributed by atoms with Crippen LogP contribution in [0.15, 0.2) is 35.5 Å². The number of rotatable bonds is 4. The van der Waals surface area contributed by atoms with Gasteiger partial charge in [0, 0.05) is 17.1 Å². The molecule has 0 aliphatic carbocycles. The van der Waals surface area contributed by atoms with E-state index in [9.17, 15) is 4.79 Å². The third-order valence-corrected chi connectivity index (χ3v) is 4.49. The molecule has 0 unspecified atom stereocenters. The minimum atomic E-state index is -0.315. The average Bonchev–Trinajstić information content (AvgIpc) is 2.89. The van der Waals surface area contributed by atoms with E-state index in [1.54, 1.807) is 4.52 Å². The van der Waals surface area contributed by atoms with E-state index in [0.717, 1.165) is 22.6 Å². The lowest BCUT2D eigenvalue weighted by molar-refractivity contribution is -0.115. The number of amides is 1. The van der Waals surface area contributed by atoms with Crippen LogP contribution < -0.4 is 5.32 Å². The molecular formula is C17H19N5OS. The molecule has 1 N–H and O–H groups in total. The van der Waals surface area contributed by atoms with Crippen LogP contribution in [0.3, 0.4) is 0 Å². The van der Waals surface area contributed by atoms with Gasteiger partial charge in [-0.3, -0.25) is 4.79 Å². The van der Waals surface area contributed by atoms with E-state index in [2.05, 4.69) is 20.4 Å². The highest BCUT2D eigenvalue weighted by Crippen LogP contribution is 2.22. The first-order valence-electron chi connectivity index (χ1n) is 7.67. The zero-order chi connectivity index (χ0) is 17.3. The monoisotopic (exact) mass is 341 g/mol. The smallest absolute Gasteiger partial charge is 0.253 e. The van der Waals surface area contributed by atoms with Gasteiger partial charge in [-0.15, -0.1) is 5.10 Å². The quantitative estimate of drug-likeness (QED) is 0.738. The van der Waals surface area contributed by atoms with Gasteiger partial charge in [0.25, 0.3) is 5.78 Å². The molecule has 0 saturated carbocycles. The van der Waals surface area contributed by atoms with Gasteiger partial charge in [-0.25, -0.2) is 9.50 Å². The lowest BCUT2D eigenvalue weighted by atomic mass is 10.2. The molecule has 0 spiro atoms. The van der Waals surface area contributed by atoms with Crippen LogP contribution in [0.4, 0.5) is 5.69 Å². The van der Waals surface area contributed by atoms with E-state index in [-0.39, 0.29) is 11.2 Å². The number of hydrogen-bond acceptors (Lipinski definition) is 5. The number of carbonyl (C=O) groups is 1. The number of carbonyl (C=O) groups excluding carboxylic acids is 1. The number of fused-ring (bicyclic) bond motifs is 1. The minimum Gasteiger partial charge on any atom is -0.325 e. The van der Waals surface area contributed by atoms with Gasteiger partial charge < -0.3 is 5.32 Å². The third-order valence-electron chi connectivity index (χ3n) is 3.54. The van der Waals surface area contributed by atoms with Gasteiger partial charge in [-0.1, -0.05) is 23.9 Å². The maximum atomic E-state index is 12.4. The van der Waals surface area contributed by atoms with Crippen LogP contribution in [-0.2, 0) is 4.79 Å². The second-order valence-corrected chi connectivity index (χ2v) is 7.07. The Balaban J connectivity index is 1.73. The standard InChI is InChI=1S/C17H19N5OS/c1-10-6-5-7-14(8-10)19-15(23)13(4)24-17-20-16-18-11(2)9-12(3)22(16)21-17/h5-9,13H,1-4H3,(H,19,23)/t13-/m1/s1. The molecule has 3 aromatic rings. The summed E-state index contributed by atoms with van der Waals surface area (Å²) in [7, 11) is 0. The maximum Gasteiger partial charge on any atom is 0.253 e. The average molecular weight is 341 g/mol. The Morgan fingerprint density at radius 3 is 2.75 bits per heavy atom. The molecule has 0 fully saturated rings. The normalized spacial score (nSPS) is 12.3. The van der Waals surface area contributed by atoms with Gasteiger partial charge in [-0.2, -0.15) is 4.98 Å². The van der Waals surface area contributed by atoms with Crippen molar-refractivity contribution in [1.29, 1.82) is 0 Å². The molecule has 124 valence electrons. The molecule has 0 saturated heterocycles. The Hall–Kier alpha value is -2.41. The van der Waals surface area contributed by atoms with Crippen LogP contribution in [0.2, 0.25) is 0 Å². The summed E-state index contributed by atoms with van der Waals surface area (Å²) >= 11 is 1.32. The predicted molar refractivity (Wildman–Crippen MR) is 95.4 cm³/mol. The molecule has 0 aliphatic rings. The Kier molecular flexibility index (Phi) is 4.53. The molecule has 24 heavy (non-hydrogen) atoms. The SMILES string of the molecule is Cc1cccc(NC(=O)[C@@H](C)Sc2nc3nc(C)cc(C)n3n2)c1. The molecule has 1 aromatic carbocycles. The summed E-state index contributed by atoms with van der Waals surface area (Å²) in [4.78, 5) is 21.1. The van der Waals surface area contributed by atoms with Crippen molar-refractivity contribution in [3.8, 4) is 0 Å². The van der Waals surface area contributed by atoms with Gasteiger partial charge in [0.05, 0.1) is 5.25 Å². The van der Waals surface area contributed by atoms with Crippen LogP contribution in [0.1, 0.15) is 23.9 Å². The summed E-state index contributed by atoms with van der Waals surface area (Å²) in [5.41, 5.74) is 3.76. The van der Waals surface area contributed by atoms with Crippen molar-refractivity contribution in [1.82, 2.24) is 19.6 Å². The second-order valence-electron chi connectivity index (χ2n) is 5.76. The van der Waals surface area contributed by atoms with Crippen molar-refractivity contribution < 1.29 is 4.79 Å². The molecule has 2 heterocycles. The van der Waals surface area contributed by atoms with E-state index in [1.807, 2.05) is 58.0 Å². The van der Waals surface area contributed by atoms with E-state index in [4.69, 9.17) is 0 Å². The maximum absolute atomic E-state index is 12.4. The summed E-state index contributed by atoms with van der Waals surface area (Å²) in [6, 6.07) is 9.68. The molecule has 1 amide bonds. The van der Waals surface area contributed by atoms with Crippen molar-refractivity contribution in [2.75, 3.05) is 5.32 Å². The highest BCUT2D eigenvalue weighted by Gasteiger charge is 2.18. The Morgan fingerprint density at radius 1 is 1.21 bits per heavy atom. The first kappa shape index (κ1) is 16.4. The summed E-state index contributed by atoms with van der Waals surface area (Å²) < 4.78 is 1.69. The van der Waals surface area contributed by atoms with Crippen LogP contribution in [0.5, 0.6) is 0 Å². The van der Waals surface area contributed by atoms with Crippen LogP contribution >= 0.6 is 11.8 Å². The van der Waals surface area contributed by atoms with E-state index in [0.29, 0.717) is 10.9 Å². The molecular weight excluding hydrogens is 322 g/mol. The predicted octanol–water partition coefficient (Wildman–Crippen LogP) is 3.17. The molecule has 6 nitrogen and oxygen atoms in total. The van der Waals surface area contributed by atoms with Gasteiger partial charge in [0.2, 0.25) is 11.1 Å². The number of anilines is 1. The van der Waals surface area contributed by atoms with Crippen LogP contribution in [-0.4, -0.2) is 30.7 Å².